The minimum atomic E-state index is -3.45. The first kappa shape index (κ1) is 14.4. The number of nitrogens with zero attached hydrogens (tertiary/aromatic N) is 2. The smallest absolute Gasteiger partial charge is 0.254 e. The number of piperazine rings is 1. The van der Waals surface area contributed by atoms with Crippen LogP contribution in [0.15, 0.2) is 14.7 Å². The Balaban J connectivity index is 2.10. The van der Waals surface area contributed by atoms with E-state index in [1.54, 1.807) is 11.1 Å². The molecule has 1 aliphatic rings. The first-order chi connectivity index (χ1) is 8.38. The third-order valence-electron chi connectivity index (χ3n) is 2.88. The maximum Gasteiger partial charge on any atom is 0.254 e. The summed E-state index contributed by atoms with van der Waals surface area (Å²) in [6.45, 7) is 4.97. The quantitative estimate of drug-likeness (QED) is 0.888. The van der Waals surface area contributed by atoms with E-state index in [9.17, 15) is 8.42 Å². The molecule has 1 saturated heterocycles. The molecule has 0 saturated carbocycles. The summed E-state index contributed by atoms with van der Waals surface area (Å²) in [5.41, 5.74) is 0. The fourth-order valence-electron chi connectivity index (χ4n) is 1.81. The van der Waals surface area contributed by atoms with E-state index in [2.05, 4.69) is 25.7 Å². The maximum absolute atomic E-state index is 12.2. The van der Waals surface area contributed by atoms with Gasteiger partial charge in [-0.3, -0.25) is 0 Å². The molecule has 0 aromatic carbocycles. The van der Waals surface area contributed by atoms with Crippen molar-refractivity contribution < 1.29 is 8.42 Å². The monoisotopic (exact) mass is 353 g/mol. The molecule has 0 radical (unpaired) electrons. The van der Waals surface area contributed by atoms with Crippen LogP contribution in [0.1, 0.15) is 4.88 Å². The molecule has 0 spiro atoms. The van der Waals surface area contributed by atoms with Crippen molar-refractivity contribution >= 4 is 37.3 Å². The van der Waals surface area contributed by atoms with Crippen LogP contribution in [0.2, 0.25) is 0 Å². The maximum atomic E-state index is 12.2. The minimum Gasteiger partial charge on any atom is -0.304 e. The molecule has 0 bridgehead atoms. The molecule has 0 unspecified atom stereocenters. The average molecular weight is 354 g/mol. The van der Waals surface area contributed by atoms with E-state index in [1.165, 1.54) is 11.3 Å². The number of nitrogens with one attached hydrogen (secondary N) is 1. The van der Waals surface area contributed by atoms with Crippen LogP contribution >= 0.6 is 27.3 Å². The molecule has 0 amide bonds. The second kappa shape index (κ2) is 5.56. The highest BCUT2D eigenvalue weighted by Crippen LogP contribution is 2.29. The molecule has 5 nitrogen and oxygen atoms in total. The number of rotatable bonds is 3. The molecule has 2 heterocycles. The second-order valence-corrected chi connectivity index (χ2v) is 8.62. The van der Waals surface area contributed by atoms with Crippen molar-refractivity contribution in [1.82, 2.24) is 14.7 Å². The van der Waals surface area contributed by atoms with E-state index in [0.29, 0.717) is 18.0 Å². The van der Waals surface area contributed by atoms with Crippen LogP contribution in [0.3, 0.4) is 0 Å². The van der Waals surface area contributed by atoms with Crippen LogP contribution in [0.25, 0.3) is 0 Å². The zero-order valence-electron chi connectivity index (χ0n) is 10.3. The largest absolute Gasteiger partial charge is 0.304 e. The van der Waals surface area contributed by atoms with Crippen molar-refractivity contribution in [2.24, 2.45) is 0 Å². The van der Waals surface area contributed by atoms with E-state index in [-0.39, 0.29) is 0 Å². The van der Waals surface area contributed by atoms with Crippen molar-refractivity contribution in [1.29, 1.82) is 0 Å². The topological polar surface area (TPSA) is 52.7 Å². The summed E-state index contributed by atoms with van der Waals surface area (Å²) >= 11 is 4.74. The Morgan fingerprint density at radius 3 is 2.44 bits per heavy atom. The van der Waals surface area contributed by atoms with Gasteiger partial charge in [-0.1, -0.05) is 0 Å². The SMILES string of the molecule is Cc1sc(Br)cc1S(=O)(=O)NN1CCN(C)CC1. The van der Waals surface area contributed by atoms with Gasteiger partial charge >= 0.3 is 0 Å². The molecule has 2 rings (SSSR count). The lowest BCUT2D eigenvalue weighted by molar-refractivity contribution is 0.135. The Bertz CT molecular complexity index is 521. The number of aryl methyl sites for hydroxylation is 1. The van der Waals surface area contributed by atoms with Crippen molar-refractivity contribution in [2.45, 2.75) is 11.8 Å². The fourth-order valence-corrected chi connectivity index (χ4v) is 5.35. The predicted molar refractivity (Wildman–Crippen MR) is 76.1 cm³/mol. The summed E-state index contributed by atoms with van der Waals surface area (Å²) in [6.07, 6.45) is 0. The summed E-state index contributed by atoms with van der Waals surface area (Å²) in [6, 6.07) is 1.65. The number of sulfonamides is 1. The highest BCUT2D eigenvalue weighted by molar-refractivity contribution is 9.11. The standard InChI is InChI=1S/C10H16BrN3O2S2/c1-8-9(7-10(11)17-8)18(15,16)12-14-5-3-13(2)4-6-14/h7,12H,3-6H2,1-2H3. The molecule has 1 aromatic heterocycles. The van der Waals surface area contributed by atoms with Crippen molar-refractivity contribution in [3.63, 3.8) is 0 Å². The number of thiophene rings is 1. The molecule has 1 fully saturated rings. The molecule has 0 aliphatic carbocycles. The van der Waals surface area contributed by atoms with Crippen LogP contribution < -0.4 is 4.83 Å². The van der Waals surface area contributed by atoms with E-state index in [1.807, 2.05) is 14.0 Å². The van der Waals surface area contributed by atoms with Gasteiger partial charge in [0.15, 0.2) is 0 Å². The summed E-state index contributed by atoms with van der Waals surface area (Å²) in [5.74, 6) is 0. The summed E-state index contributed by atoms with van der Waals surface area (Å²) in [5, 5.41) is 1.76. The molecular weight excluding hydrogens is 338 g/mol. The highest BCUT2D eigenvalue weighted by atomic mass is 79.9. The lowest BCUT2D eigenvalue weighted by Crippen LogP contribution is -2.52. The number of hydrogen-bond donors (Lipinski definition) is 1. The first-order valence-electron chi connectivity index (χ1n) is 5.60. The van der Waals surface area contributed by atoms with Gasteiger partial charge in [-0.25, -0.2) is 13.4 Å². The third kappa shape index (κ3) is 3.31. The summed E-state index contributed by atoms with van der Waals surface area (Å²) in [7, 11) is -1.42. The highest BCUT2D eigenvalue weighted by Gasteiger charge is 2.24. The molecule has 102 valence electrons. The molecule has 1 aromatic rings. The van der Waals surface area contributed by atoms with Gasteiger partial charge in [-0.2, -0.15) is 0 Å². The van der Waals surface area contributed by atoms with Crippen molar-refractivity contribution in [3.05, 3.63) is 14.7 Å². The number of hydrazine groups is 1. The first-order valence-corrected chi connectivity index (χ1v) is 8.69. The lowest BCUT2D eigenvalue weighted by Gasteiger charge is -2.32. The van der Waals surface area contributed by atoms with Crippen LogP contribution in [0.5, 0.6) is 0 Å². The van der Waals surface area contributed by atoms with Gasteiger partial charge in [0.05, 0.1) is 8.68 Å². The zero-order chi connectivity index (χ0) is 13.3. The van der Waals surface area contributed by atoms with E-state index >= 15 is 0 Å². The van der Waals surface area contributed by atoms with Crippen molar-refractivity contribution in [2.75, 3.05) is 33.2 Å². The third-order valence-corrected chi connectivity index (χ3v) is 6.07. The fraction of sp³-hybridized carbons (Fsp3) is 0.600. The number of likely N-dealkylation sites (N-methyl/N-ethyl adjacent to an activating group) is 1. The second-order valence-electron chi connectivity index (χ2n) is 4.36. The number of hydrogen-bond acceptors (Lipinski definition) is 5. The van der Waals surface area contributed by atoms with Gasteiger partial charge in [0.1, 0.15) is 0 Å². The predicted octanol–water partition coefficient (Wildman–Crippen LogP) is 1.26. The Hall–Kier alpha value is 0.01000. The Morgan fingerprint density at radius 2 is 1.94 bits per heavy atom. The van der Waals surface area contributed by atoms with Crippen LogP contribution in [-0.4, -0.2) is 51.6 Å². The van der Waals surface area contributed by atoms with Gasteiger partial charge in [-0.15, -0.1) is 16.2 Å². The lowest BCUT2D eigenvalue weighted by atomic mass is 10.4. The summed E-state index contributed by atoms with van der Waals surface area (Å²) < 4.78 is 25.3. The molecule has 1 aliphatic heterocycles. The van der Waals surface area contributed by atoms with E-state index in [4.69, 9.17) is 0 Å². The Labute approximate surface area is 120 Å². The normalized spacial score (nSPS) is 19.3. The molecule has 8 heteroatoms. The molecule has 18 heavy (non-hydrogen) atoms. The average Bonchev–Trinajstić information content (AvgIpc) is 2.62. The molecule has 1 N–H and O–H groups in total. The van der Waals surface area contributed by atoms with E-state index < -0.39 is 10.0 Å². The molecule has 0 atom stereocenters. The van der Waals surface area contributed by atoms with Crippen LogP contribution in [0, 0.1) is 6.92 Å². The van der Waals surface area contributed by atoms with Gasteiger partial charge in [-0.05, 0) is 36.0 Å². The molecular formula is C10H16BrN3O2S2. The zero-order valence-corrected chi connectivity index (χ0v) is 13.5. The van der Waals surface area contributed by atoms with Crippen LogP contribution in [0.4, 0.5) is 0 Å². The Kier molecular flexibility index (Phi) is 4.45. The van der Waals surface area contributed by atoms with Gasteiger partial charge in [0.2, 0.25) is 0 Å². The van der Waals surface area contributed by atoms with Gasteiger partial charge in [0, 0.05) is 31.1 Å². The minimum absolute atomic E-state index is 0.360. The van der Waals surface area contributed by atoms with Gasteiger partial charge in [0.25, 0.3) is 10.0 Å². The van der Waals surface area contributed by atoms with E-state index in [0.717, 1.165) is 21.8 Å². The summed E-state index contributed by atoms with van der Waals surface area (Å²) in [4.78, 5) is 5.98. The van der Waals surface area contributed by atoms with Gasteiger partial charge < -0.3 is 4.90 Å². The van der Waals surface area contributed by atoms with Crippen molar-refractivity contribution in [3.8, 4) is 0 Å². The number of halogens is 1. The van der Waals surface area contributed by atoms with Crippen LogP contribution in [-0.2, 0) is 10.0 Å². The Morgan fingerprint density at radius 1 is 1.33 bits per heavy atom.